The Balaban J connectivity index is 1.64. The number of ether oxygens (including phenoxy) is 1. The van der Waals surface area contributed by atoms with Gasteiger partial charge in [0.05, 0.1) is 0 Å². The molecule has 3 heteroatoms. The Kier molecular flexibility index (Phi) is 3.70. The molecule has 0 saturated carbocycles. The van der Waals surface area contributed by atoms with Crippen LogP contribution in [0.2, 0.25) is 0 Å². The van der Waals surface area contributed by atoms with E-state index in [1.807, 2.05) is 55.6 Å². The van der Waals surface area contributed by atoms with Crippen LogP contribution in [0.5, 0.6) is 5.75 Å². The summed E-state index contributed by atoms with van der Waals surface area (Å²) in [5.41, 5.74) is 2.35. The summed E-state index contributed by atoms with van der Waals surface area (Å²) >= 11 is 0. The predicted octanol–water partition coefficient (Wildman–Crippen LogP) is 3.68. The molecule has 1 unspecified atom stereocenters. The number of benzene rings is 2. The predicted molar refractivity (Wildman–Crippen MR) is 81.7 cm³/mol. The fourth-order valence-corrected chi connectivity index (χ4v) is 2.25. The standard InChI is InChI=1S/C17H18N2O/c1-13(19-12-14-6-3-2-4-7-14)20-17-9-5-8-16-15(17)10-11-18-16/h2-11,13,18-19H,12H2,1H3. The van der Waals surface area contributed by atoms with Gasteiger partial charge in [-0.1, -0.05) is 36.4 Å². The van der Waals surface area contributed by atoms with Crippen LogP contribution in [0.1, 0.15) is 12.5 Å². The Labute approximate surface area is 118 Å². The average molecular weight is 266 g/mol. The van der Waals surface area contributed by atoms with E-state index in [0.717, 1.165) is 23.2 Å². The number of aromatic nitrogens is 1. The minimum atomic E-state index is -0.0456. The van der Waals surface area contributed by atoms with Gasteiger partial charge in [0.25, 0.3) is 0 Å². The molecule has 3 nitrogen and oxygen atoms in total. The van der Waals surface area contributed by atoms with Crippen molar-refractivity contribution >= 4 is 10.9 Å². The van der Waals surface area contributed by atoms with Crippen LogP contribution in [-0.4, -0.2) is 11.2 Å². The normalized spacial score (nSPS) is 12.4. The van der Waals surface area contributed by atoms with Gasteiger partial charge in [0.15, 0.2) is 0 Å². The smallest absolute Gasteiger partial charge is 0.147 e. The molecule has 102 valence electrons. The van der Waals surface area contributed by atoms with Crippen LogP contribution in [0, 0.1) is 0 Å². The number of rotatable bonds is 5. The number of fused-ring (bicyclic) bond motifs is 1. The third kappa shape index (κ3) is 2.83. The summed E-state index contributed by atoms with van der Waals surface area (Å²) in [6, 6.07) is 18.4. The van der Waals surface area contributed by atoms with E-state index in [9.17, 15) is 0 Å². The van der Waals surface area contributed by atoms with Gasteiger partial charge in [0, 0.05) is 23.6 Å². The topological polar surface area (TPSA) is 37.0 Å². The second-order valence-corrected chi connectivity index (χ2v) is 4.82. The van der Waals surface area contributed by atoms with Crippen molar-refractivity contribution in [2.24, 2.45) is 0 Å². The maximum Gasteiger partial charge on any atom is 0.147 e. The van der Waals surface area contributed by atoms with Crippen LogP contribution in [0.25, 0.3) is 10.9 Å². The van der Waals surface area contributed by atoms with E-state index >= 15 is 0 Å². The highest BCUT2D eigenvalue weighted by Crippen LogP contribution is 2.25. The zero-order valence-corrected chi connectivity index (χ0v) is 11.5. The molecule has 0 aliphatic rings. The first-order chi connectivity index (χ1) is 9.83. The molecule has 0 bridgehead atoms. The van der Waals surface area contributed by atoms with Crippen molar-refractivity contribution in [2.45, 2.75) is 19.7 Å². The van der Waals surface area contributed by atoms with Gasteiger partial charge in [-0.15, -0.1) is 0 Å². The van der Waals surface area contributed by atoms with E-state index in [2.05, 4.69) is 22.4 Å². The van der Waals surface area contributed by atoms with E-state index in [-0.39, 0.29) is 6.23 Å². The number of hydrogen-bond acceptors (Lipinski definition) is 2. The van der Waals surface area contributed by atoms with Crippen molar-refractivity contribution < 1.29 is 4.74 Å². The second-order valence-electron chi connectivity index (χ2n) is 4.82. The van der Waals surface area contributed by atoms with Crippen LogP contribution in [0.3, 0.4) is 0 Å². The largest absolute Gasteiger partial charge is 0.475 e. The lowest BCUT2D eigenvalue weighted by molar-refractivity contribution is 0.183. The fourth-order valence-electron chi connectivity index (χ4n) is 2.25. The van der Waals surface area contributed by atoms with Crippen molar-refractivity contribution in [2.75, 3.05) is 0 Å². The quantitative estimate of drug-likeness (QED) is 0.691. The number of nitrogens with one attached hydrogen (secondary N) is 2. The van der Waals surface area contributed by atoms with Crippen molar-refractivity contribution in [1.82, 2.24) is 10.3 Å². The molecule has 2 N–H and O–H groups in total. The minimum Gasteiger partial charge on any atom is -0.475 e. The van der Waals surface area contributed by atoms with Gasteiger partial charge in [-0.2, -0.15) is 0 Å². The van der Waals surface area contributed by atoms with Crippen LogP contribution in [0.4, 0.5) is 0 Å². The highest BCUT2D eigenvalue weighted by Gasteiger charge is 2.07. The summed E-state index contributed by atoms with van der Waals surface area (Å²) in [5, 5.41) is 4.48. The van der Waals surface area contributed by atoms with E-state index in [0.29, 0.717) is 0 Å². The van der Waals surface area contributed by atoms with Gasteiger partial charge in [-0.3, -0.25) is 5.32 Å². The zero-order valence-electron chi connectivity index (χ0n) is 11.5. The average Bonchev–Trinajstić information content (AvgIpc) is 2.96. The molecule has 0 amide bonds. The molecule has 0 saturated heterocycles. The van der Waals surface area contributed by atoms with Crippen molar-refractivity contribution in [1.29, 1.82) is 0 Å². The fraction of sp³-hybridized carbons (Fsp3) is 0.176. The first-order valence-corrected chi connectivity index (χ1v) is 6.83. The molecule has 3 rings (SSSR count). The molecule has 1 aromatic heterocycles. The maximum absolute atomic E-state index is 5.98. The Bertz CT molecular complexity index is 676. The number of aromatic amines is 1. The molecule has 1 atom stereocenters. The monoisotopic (exact) mass is 266 g/mol. The molecular weight excluding hydrogens is 248 g/mol. The zero-order chi connectivity index (χ0) is 13.8. The van der Waals surface area contributed by atoms with Gasteiger partial charge < -0.3 is 9.72 Å². The summed E-state index contributed by atoms with van der Waals surface area (Å²) < 4.78 is 5.98. The van der Waals surface area contributed by atoms with E-state index in [1.54, 1.807) is 0 Å². The molecule has 20 heavy (non-hydrogen) atoms. The molecule has 3 aromatic rings. The molecule has 2 aromatic carbocycles. The highest BCUT2D eigenvalue weighted by atomic mass is 16.5. The van der Waals surface area contributed by atoms with Gasteiger partial charge in [-0.05, 0) is 30.7 Å². The summed E-state index contributed by atoms with van der Waals surface area (Å²) in [4.78, 5) is 3.19. The van der Waals surface area contributed by atoms with E-state index < -0.39 is 0 Å². The third-order valence-electron chi connectivity index (χ3n) is 3.30. The Morgan fingerprint density at radius 3 is 2.75 bits per heavy atom. The molecule has 0 fully saturated rings. The molecule has 0 aliphatic carbocycles. The number of H-pyrrole nitrogens is 1. The van der Waals surface area contributed by atoms with Gasteiger partial charge in [0.1, 0.15) is 12.0 Å². The van der Waals surface area contributed by atoms with Gasteiger partial charge in [0.2, 0.25) is 0 Å². The molecule has 0 spiro atoms. The number of hydrogen-bond donors (Lipinski definition) is 2. The van der Waals surface area contributed by atoms with Gasteiger partial charge in [-0.25, -0.2) is 0 Å². The van der Waals surface area contributed by atoms with Crippen LogP contribution < -0.4 is 10.1 Å². The molecule has 0 aliphatic heterocycles. The summed E-state index contributed by atoms with van der Waals surface area (Å²) in [5.74, 6) is 0.900. The van der Waals surface area contributed by atoms with Crippen LogP contribution in [0.15, 0.2) is 60.8 Å². The summed E-state index contributed by atoms with van der Waals surface area (Å²) in [7, 11) is 0. The Hall–Kier alpha value is -2.26. The first kappa shape index (κ1) is 12.8. The third-order valence-corrected chi connectivity index (χ3v) is 3.30. The van der Waals surface area contributed by atoms with Crippen LogP contribution >= 0.6 is 0 Å². The minimum absolute atomic E-state index is 0.0456. The SMILES string of the molecule is CC(NCc1ccccc1)Oc1cccc2[nH]ccc12. The van der Waals surface area contributed by atoms with Crippen molar-refractivity contribution in [3.8, 4) is 5.75 Å². The maximum atomic E-state index is 5.98. The Morgan fingerprint density at radius 1 is 1.05 bits per heavy atom. The Morgan fingerprint density at radius 2 is 1.90 bits per heavy atom. The lowest BCUT2D eigenvalue weighted by Gasteiger charge is -2.17. The summed E-state index contributed by atoms with van der Waals surface area (Å²) in [6.45, 7) is 2.82. The van der Waals surface area contributed by atoms with Gasteiger partial charge >= 0.3 is 0 Å². The lowest BCUT2D eigenvalue weighted by Crippen LogP contribution is -2.30. The molecule has 1 heterocycles. The van der Waals surface area contributed by atoms with Crippen LogP contribution in [-0.2, 0) is 6.54 Å². The highest BCUT2D eigenvalue weighted by molar-refractivity contribution is 5.85. The van der Waals surface area contributed by atoms with E-state index in [1.165, 1.54) is 5.56 Å². The molecular formula is C17H18N2O. The van der Waals surface area contributed by atoms with E-state index in [4.69, 9.17) is 4.74 Å². The van der Waals surface area contributed by atoms with Crippen molar-refractivity contribution in [3.05, 3.63) is 66.4 Å². The summed E-state index contributed by atoms with van der Waals surface area (Å²) in [6.07, 6.45) is 1.88. The lowest BCUT2D eigenvalue weighted by atomic mass is 10.2. The second kappa shape index (κ2) is 5.80. The first-order valence-electron chi connectivity index (χ1n) is 6.83. The molecule has 0 radical (unpaired) electrons. The van der Waals surface area contributed by atoms with Crippen molar-refractivity contribution in [3.63, 3.8) is 0 Å².